The summed E-state index contributed by atoms with van der Waals surface area (Å²) in [6.07, 6.45) is -19.3. The van der Waals surface area contributed by atoms with E-state index in [1.54, 1.807) is 0 Å². The summed E-state index contributed by atoms with van der Waals surface area (Å²) in [6.45, 7) is 6.28. The van der Waals surface area contributed by atoms with E-state index < -0.39 is 129 Å². The van der Waals surface area contributed by atoms with E-state index in [2.05, 4.69) is 13.5 Å². The molecule has 4 aliphatic carbocycles. The van der Waals surface area contributed by atoms with Crippen molar-refractivity contribution in [2.45, 2.75) is 169 Å². The molecule has 0 unspecified atom stereocenters. The number of carboxylic acids is 1. The SMILES string of the molecule is C=C1C[C@@]23CC[C@H]4[C@@](C)(CCC[C@@]4(C)C(=O)O)[C@@H]2CC[C@]1(O[C@@H]1O[C@H](CO)[C@@H](O)[C@H](O[C@@H]2O[C@H](CO)[C@@H](O)[C@H](O)[C@H]2O)[C@H]1O[C@H]1O[C@@H](CO)[C@H](O)[C@@H](O)[C@@H]1O)C3. The molecule has 11 N–H and O–H groups in total. The summed E-state index contributed by atoms with van der Waals surface area (Å²) in [5, 5.41) is 116. The highest BCUT2D eigenvalue weighted by Gasteiger charge is 2.69. The highest BCUT2D eigenvalue weighted by molar-refractivity contribution is 5.75. The Hall–Kier alpha value is -1.43. The minimum absolute atomic E-state index is 0.00993. The van der Waals surface area contributed by atoms with Gasteiger partial charge in [-0.1, -0.05) is 19.9 Å². The van der Waals surface area contributed by atoms with Gasteiger partial charge in [0.2, 0.25) is 0 Å². The van der Waals surface area contributed by atoms with E-state index in [4.69, 9.17) is 28.4 Å². The van der Waals surface area contributed by atoms with Crippen LogP contribution in [0.4, 0.5) is 0 Å². The fourth-order valence-electron chi connectivity index (χ4n) is 12.1. The van der Waals surface area contributed by atoms with Crippen LogP contribution < -0.4 is 0 Å². The minimum Gasteiger partial charge on any atom is -0.481 e. The van der Waals surface area contributed by atoms with Crippen LogP contribution in [0.15, 0.2) is 12.2 Å². The molecule has 0 radical (unpaired) electrons. The van der Waals surface area contributed by atoms with Crippen molar-refractivity contribution >= 4 is 5.97 Å². The lowest BCUT2D eigenvalue weighted by molar-refractivity contribution is -0.400. The lowest BCUT2D eigenvalue weighted by Gasteiger charge is -2.64. The van der Waals surface area contributed by atoms with E-state index in [0.717, 1.165) is 31.3 Å². The Balaban J connectivity index is 1.21. The topological polar surface area (TPSA) is 295 Å². The average Bonchev–Trinajstić information content (AvgIpc) is 3.36. The number of rotatable bonds is 10. The molecular formula is C38H60O18. The number of hydrogen-bond donors (Lipinski definition) is 11. The zero-order chi connectivity index (χ0) is 40.7. The molecule has 56 heavy (non-hydrogen) atoms. The summed E-state index contributed by atoms with van der Waals surface area (Å²) in [4.78, 5) is 12.7. The summed E-state index contributed by atoms with van der Waals surface area (Å²) < 4.78 is 36.7. The Labute approximate surface area is 324 Å². The minimum atomic E-state index is -1.91. The van der Waals surface area contributed by atoms with E-state index in [1.807, 2.05) is 6.92 Å². The predicted molar refractivity (Wildman–Crippen MR) is 187 cm³/mol. The highest BCUT2D eigenvalue weighted by Crippen LogP contribution is 2.73. The van der Waals surface area contributed by atoms with Gasteiger partial charge >= 0.3 is 5.97 Å². The molecule has 320 valence electrons. The maximum Gasteiger partial charge on any atom is 0.309 e. The lowest BCUT2D eigenvalue weighted by atomic mass is 9.41. The molecule has 1 spiro atoms. The molecule has 4 saturated carbocycles. The van der Waals surface area contributed by atoms with Crippen LogP contribution in [0, 0.1) is 28.1 Å². The largest absolute Gasteiger partial charge is 0.481 e. The zero-order valence-electron chi connectivity index (χ0n) is 31.8. The molecule has 3 saturated heterocycles. The summed E-state index contributed by atoms with van der Waals surface area (Å²) in [5.74, 6) is -0.606. The Kier molecular flexibility index (Phi) is 11.9. The molecular weight excluding hydrogens is 744 g/mol. The molecule has 7 rings (SSSR count). The van der Waals surface area contributed by atoms with Crippen LogP contribution in [0.2, 0.25) is 0 Å². The van der Waals surface area contributed by atoms with Crippen molar-refractivity contribution in [2.75, 3.05) is 19.8 Å². The number of fused-ring (bicyclic) bond motifs is 3. The number of aliphatic carboxylic acids is 1. The van der Waals surface area contributed by atoms with Gasteiger partial charge < -0.3 is 84.6 Å². The monoisotopic (exact) mass is 804 g/mol. The van der Waals surface area contributed by atoms with Gasteiger partial charge in [-0.3, -0.25) is 4.79 Å². The number of hydrogen-bond acceptors (Lipinski definition) is 17. The van der Waals surface area contributed by atoms with Crippen LogP contribution in [0.3, 0.4) is 0 Å². The molecule has 21 atom stereocenters. The molecule has 0 aromatic heterocycles. The van der Waals surface area contributed by atoms with Gasteiger partial charge in [0.1, 0.15) is 73.2 Å². The molecule has 2 bridgehead atoms. The second kappa shape index (κ2) is 15.6. The molecule has 0 aromatic carbocycles. The standard InChI is InChI=1S/C38H60O18/c1-16-11-37-9-5-20-35(2,7-4-8-36(20,3)34(49)50)21(37)6-10-38(16,15-37)56-33-30(55-32-28(48)26(46)23(43)18(13-40)52-32)29(24(44)19(14-41)53-33)54-31-27(47)25(45)22(42)17(12-39)51-31/h17-33,39-48H,1,4-15H2,2-3H3,(H,49,50)/t17-,18+,19-,20+,21+,22-,23+,24-,25+,26-,27-,28+,29+,30-,31+,32-,33+,35-,36-,37-,38+/m1/s1. The third-order valence-electron chi connectivity index (χ3n) is 15.0. The Bertz CT molecular complexity index is 1450. The van der Waals surface area contributed by atoms with Crippen LogP contribution in [-0.2, 0) is 33.2 Å². The van der Waals surface area contributed by atoms with Crippen molar-refractivity contribution in [3.63, 3.8) is 0 Å². The normalized spacial score (nSPS) is 54.6. The predicted octanol–water partition coefficient (Wildman–Crippen LogP) is -2.37. The van der Waals surface area contributed by atoms with Gasteiger partial charge in [-0.25, -0.2) is 0 Å². The van der Waals surface area contributed by atoms with Gasteiger partial charge in [-0.15, -0.1) is 0 Å². The summed E-state index contributed by atoms with van der Waals surface area (Å²) in [7, 11) is 0. The third-order valence-corrected chi connectivity index (χ3v) is 15.0. The van der Waals surface area contributed by atoms with Crippen molar-refractivity contribution in [3.8, 4) is 0 Å². The quantitative estimate of drug-likeness (QED) is 0.0812. The maximum absolute atomic E-state index is 12.7. The molecule has 18 heteroatoms. The van der Waals surface area contributed by atoms with Crippen molar-refractivity contribution in [1.82, 2.24) is 0 Å². The van der Waals surface area contributed by atoms with Gasteiger partial charge in [0.25, 0.3) is 0 Å². The van der Waals surface area contributed by atoms with Gasteiger partial charge in [-0.05, 0) is 86.5 Å². The summed E-state index contributed by atoms with van der Waals surface area (Å²) in [5.41, 5.74) is -1.63. The Morgan fingerprint density at radius 2 is 1.20 bits per heavy atom. The van der Waals surface area contributed by atoms with Crippen LogP contribution in [0.5, 0.6) is 0 Å². The van der Waals surface area contributed by atoms with Crippen molar-refractivity contribution in [1.29, 1.82) is 0 Å². The first-order chi connectivity index (χ1) is 26.4. The van der Waals surface area contributed by atoms with Crippen LogP contribution in [0.25, 0.3) is 0 Å². The van der Waals surface area contributed by atoms with Gasteiger partial charge in [0.15, 0.2) is 18.9 Å². The molecule has 7 aliphatic rings. The number of carbonyl (C=O) groups is 1. The first-order valence-electron chi connectivity index (χ1n) is 19.9. The Morgan fingerprint density at radius 3 is 1.75 bits per heavy atom. The Morgan fingerprint density at radius 1 is 0.679 bits per heavy atom. The van der Waals surface area contributed by atoms with Crippen LogP contribution in [-0.4, -0.2) is 180 Å². The van der Waals surface area contributed by atoms with E-state index in [1.165, 1.54) is 0 Å². The second-order valence-electron chi connectivity index (χ2n) is 18.0. The maximum atomic E-state index is 12.7. The molecule has 3 aliphatic heterocycles. The van der Waals surface area contributed by atoms with Crippen molar-refractivity contribution < 1.29 is 89.4 Å². The second-order valence-corrected chi connectivity index (χ2v) is 18.0. The van der Waals surface area contributed by atoms with E-state index >= 15 is 0 Å². The molecule has 0 aromatic rings. The fourth-order valence-corrected chi connectivity index (χ4v) is 12.1. The van der Waals surface area contributed by atoms with Crippen molar-refractivity contribution in [2.24, 2.45) is 28.1 Å². The average molecular weight is 805 g/mol. The van der Waals surface area contributed by atoms with Gasteiger partial charge in [0.05, 0.1) is 30.8 Å². The van der Waals surface area contributed by atoms with Crippen molar-refractivity contribution in [3.05, 3.63) is 12.2 Å². The first-order valence-corrected chi connectivity index (χ1v) is 19.9. The van der Waals surface area contributed by atoms with E-state index in [9.17, 15) is 61.0 Å². The zero-order valence-corrected chi connectivity index (χ0v) is 31.8. The smallest absolute Gasteiger partial charge is 0.309 e. The number of ether oxygens (including phenoxy) is 6. The van der Waals surface area contributed by atoms with Gasteiger partial charge in [-0.2, -0.15) is 0 Å². The van der Waals surface area contributed by atoms with E-state index in [-0.39, 0.29) is 22.7 Å². The number of aliphatic hydroxyl groups is 10. The summed E-state index contributed by atoms with van der Waals surface area (Å²) in [6, 6.07) is 0. The number of aliphatic hydroxyl groups excluding tert-OH is 10. The van der Waals surface area contributed by atoms with Gasteiger partial charge in [0, 0.05) is 0 Å². The molecule has 18 nitrogen and oxygen atoms in total. The fraction of sp³-hybridized carbons (Fsp3) is 0.921. The first kappa shape index (κ1) is 42.7. The van der Waals surface area contributed by atoms with Crippen LogP contribution >= 0.6 is 0 Å². The molecule has 7 fully saturated rings. The lowest BCUT2D eigenvalue weighted by Crippen LogP contribution is -2.68. The van der Waals surface area contributed by atoms with Crippen LogP contribution in [0.1, 0.15) is 71.6 Å². The molecule has 0 amide bonds. The third kappa shape index (κ3) is 6.69. The highest BCUT2D eigenvalue weighted by atomic mass is 16.8. The molecule has 3 heterocycles. The summed E-state index contributed by atoms with van der Waals surface area (Å²) >= 11 is 0. The number of carboxylic acid groups (broad SMARTS) is 1. The van der Waals surface area contributed by atoms with E-state index in [0.29, 0.717) is 32.1 Å².